The minimum Gasteiger partial charge on any atom is -0.330 e. The molecule has 0 fully saturated rings. The van der Waals surface area contributed by atoms with E-state index in [1.807, 2.05) is 18.2 Å². The lowest BCUT2D eigenvalue weighted by molar-refractivity contribution is 0.0981. The topological polar surface area (TPSA) is 77.0 Å². The minimum absolute atomic E-state index is 0.0538. The number of rotatable bonds is 4. The Bertz CT molecular complexity index is 691. The number of fused-ring (bicyclic) bond motifs is 1. The molecule has 1 aliphatic rings. The van der Waals surface area contributed by atoms with Crippen molar-refractivity contribution in [3.63, 3.8) is 0 Å². The number of carbonyl (C=O) groups is 1. The van der Waals surface area contributed by atoms with Gasteiger partial charge in [0.05, 0.1) is 6.20 Å². The van der Waals surface area contributed by atoms with Crippen LogP contribution in [0.1, 0.15) is 36.3 Å². The Kier molecular flexibility index (Phi) is 3.70. The van der Waals surface area contributed by atoms with Gasteiger partial charge in [0.1, 0.15) is 0 Å². The number of aryl methyl sites for hydroxylation is 1. The van der Waals surface area contributed by atoms with Crippen molar-refractivity contribution >= 4 is 11.6 Å². The first-order chi connectivity index (χ1) is 10.5. The quantitative estimate of drug-likeness (QED) is 0.929. The molecular weight excluding hydrogens is 278 g/mol. The highest BCUT2D eigenvalue weighted by atomic mass is 16.2. The first-order valence-corrected chi connectivity index (χ1v) is 7.54. The molecule has 0 bridgehead atoms. The third kappa shape index (κ3) is 2.50. The standard InChI is InChI=1S/C16H21N5O/c1-16(2)11-21(14-7-4-3-6-12(14)16)15(22)13-10-20(19-18-13)9-5-8-17/h3-4,6-7,10H,5,8-9,11,17H2,1-2H3. The molecule has 2 heterocycles. The van der Waals surface area contributed by atoms with Gasteiger partial charge in [-0.05, 0) is 24.6 Å². The second-order valence-electron chi connectivity index (χ2n) is 6.30. The van der Waals surface area contributed by atoms with Crippen molar-refractivity contribution in [1.82, 2.24) is 15.0 Å². The molecule has 0 unspecified atom stereocenters. The van der Waals surface area contributed by atoms with Crippen molar-refractivity contribution in [3.8, 4) is 0 Å². The monoisotopic (exact) mass is 299 g/mol. The fourth-order valence-electron chi connectivity index (χ4n) is 2.93. The van der Waals surface area contributed by atoms with Crippen molar-refractivity contribution < 1.29 is 4.79 Å². The number of carbonyl (C=O) groups excluding carboxylic acids is 1. The normalized spacial score (nSPS) is 15.9. The van der Waals surface area contributed by atoms with Crippen LogP contribution in [0.3, 0.4) is 0 Å². The molecule has 1 aromatic carbocycles. The lowest BCUT2D eigenvalue weighted by Gasteiger charge is -2.19. The summed E-state index contributed by atoms with van der Waals surface area (Å²) < 4.78 is 1.67. The van der Waals surface area contributed by atoms with Crippen molar-refractivity contribution in [1.29, 1.82) is 0 Å². The molecule has 2 N–H and O–H groups in total. The Balaban J connectivity index is 1.86. The Labute approximate surface area is 129 Å². The SMILES string of the molecule is CC1(C)CN(C(=O)c2cn(CCCN)nn2)c2ccccc21. The maximum Gasteiger partial charge on any atom is 0.280 e. The molecule has 0 aliphatic carbocycles. The smallest absolute Gasteiger partial charge is 0.280 e. The van der Waals surface area contributed by atoms with Crippen LogP contribution in [0.25, 0.3) is 0 Å². The van der Waals surface area contributed by atoms with E-state index in [9.17, 15) is 4.79 Å². The van der Waals surface area contributed by atoms with Crippen LogP contribution in [-0.4, -0.2) is 34.0 Å². The highest BCUT2D eigenvalue weighted by molar-refractivity contribution is 6.06. The van der Waals surface area contributed by atoms with E-state index in [2.05, 4.69) is 30.2 Å². The Morgan fingerprint density at radius 3 is 2.91 bits per heavy atom. The Hall–Kier alpha value is -2.21. The summed E-state index contributed by atoms with van der Waals surface area (Å²) in [7, 11) is 0. The van der Waals surface area contributed by atoms with Gasteiger partial charge in [-0.25, -0.2) is 0 Å². The van der Waals surface area contributed by atoms with E-state index >= 15 is 0 Å². The number of aromatic nitrogens is 3. The molecule has 22 heavy (non-hydrogen) atoms. The van der Waals surface area contributed by atoms with Gasteiger partial charge >= 0.3 is 0 Å². The summed E-state index contributed by atoms with van der Waals surface area (Å²) in [5.74, 6) is -0.1000. The van der Waals surface area contributed by atoms with Crippen LogP contribution in [0.4, 0.5) is 5.69 Å². The van der Waals surface area contributed by atoms with E-state index in [4.69, 9.17) is 5.73 Å². The van der Waals surface area contributed by atoms with Gasteiger partial charge in [-0.15, -0.1) is 5.10 Å². The highest BCUT2D eigenvalue weighted by Gasteiger charge is 2.38. The second-order valence-corrected chi connectivity index (χ2v) is 6.30. The van der Waals surface area contributed by atoms with Gasteiger partial charge in [0.2, 0.25) is 0 Å². The van der Waals surface area contributed by atoms with Crippen molar-refractivity contribution in [2.45, 2.75) is 32.2 Å². The summed E-state index contributed by atoms with van der Waals surface area (Å²) >= 11 is 0. The fourth-order valence-corrected chi connectivity index (χ4v) is 2.93. The summed E-state index contributed by atoms with van der Waals surface area (Å²) in [6.07, 6.45) is 2.52. The molecule has 1 aliphatic heterocycles. The molecule has 1 amide bonds. The molecule has 2 aromatic rings. The molecule has 3 rings (SSSR count). The van der Waals surface area contributed by atoms with Gasteiger partial charge < -0.3 is 10.6 Å². The van der Waals surface area contributed by atoms with Crippen LogP contribution in [0.5, 0.6) is 0 Å². The number of anilines is 1. The lowest BCUT2D eigenvalue weighted by atomic mass is 9.87. The molecule has 0 atom stereocenters. The van der Waals surface area contributed by atoms with E-state index < -0.39 is 0 Å². The van der Waals surface area contributed by atoms with Crippen LogP contribution in [-0.2, 0) is 12.0 Å². The fraction of sp³-hybridized carbons (Fsp3) is 0.438. The molecule has 6 heteroatoms. The van der Waals surface area contributed by atoms with E-state index in [1.54, 1.807) is 15.8 Å². The van der Waals surface area contributed by atoms with E-state index in [0.29, 0.717) is 25.3 Å². The summed E-state index contributed by atoms with van der Waals surface area (Å²) in [5, 5.41) is 8.02. The second kappa shape index (κ2) is 5.53. The first kappa shape index (κ1) is 14.7. The van der Waals surface area contributed by atoms with Crippen molar-refractivity contribution in [3.05, 3.63) is 41.7 Å². The van der Waals surface area contributed by atoms with Crippen molar-refractivity contribution in [2.24, 2.45) is 5.73 Å². The van der Waals surface area contributed by atoms with Gasteiger partial charge in [0.15, 0.2) is 5.69 Å². The summed E-state index contributed by atoms with van der Waals surface area (Å²) in [6, 6.07) is 8.04. The van der Waals surface area contributed by atoms with Gasteiger partial charge in [0.25, 0.3) is 5.91 Å². The molecular formula is C16H21N5O. The van der Waals surface area contributed by atoms with Crippen LogP contribution < -0.4 is 10.6 Å². The van der Waals surface area contributed by atoms with Gasteiger partial charge in [-0.3, -0.25) is 9.48 Å². The van der Waals surface area contributed by atoms with Crippen LogP contribution in [0, 0.1) is 0 Å². The third-order valence-corrected chi connectivity index (χ3v) is 4.07. The first-order valence-electron chi connectivity index (χ1n) is 7.54. The molecule has 0 spiro atoms. The van der Waals surface area contributed by atoms with Crippen LogP contribution in [0.15, 0.2) is 30.5 Å². The molecule has 1 aromatic heterocycles. The number of para-hydroxylation sites is 1. The van der Waals surface area contributed by atoms with E-state index in [0.717, 1.165) is 12.1 Å². The predicted octanol–water partition coefficient (Wildman–Crippen LogP) is 1.56. The Morgan fingerprint density at radius 2 is 2.14 bits per heavy atom. The zero-order valence-corrected chi connectivity index (χ0v) is 13.0. The van der Waals surface area contributed by atoms with Crippen molar-refractivity contribution in [2.75, 3.05) is 18.0 Å². The Morgan fingerprint density at radius 1 is 1.36 bits per heavy atom. The van der Waals surface area contributed by atoms with Gasteiger partial charge in [-0.2, -0.15) is 0 Å². The predicted molar refractivity (Wildman–Crippen MR) is 84.8 cm³/mol. The molecule has 0 saturated heterocycles. The average molecular weight is 299 g/mol. The number of hydrogen-bond acceptors (Lipinski definition) is 4. The largest absolute Gasteiger partial charge is 0.330 e. The zero-order valence-electron chi connectivity index (χ0n) is 13.0. The number of amides is 1. The van der Waals surface area contributed by atoms with Crippen LogP contribution >= 0.6 is 0 Å². The lowest BCUT2D eigenvalue weighted by Crippen LogP contribution is -2.34. The number of hydrogen-bond donors (Lipinski definition) is 1. The summed E-state index contributed by atoms with van der Waals surface area (Å²) in [4.78, 5) is 14.6. The van der Waals surface area contributed by atoms with Gasteiger partial charge in [0, 0.05) is 24.2 Å². The number of nitrogens with two attached hydrogens (primary N) is 1. The molecule has 0 radical (unpaired) electrons. The van der Waals surface area contributed by atoms with E-state index in [1.165, 1.54) is 5.56 Å². The minimum atomic E-state index is -0.1000. The maximum absolute atomic E-state index is 12.8. The summed E-state index contributed by atoms with van der Waals surface area (Å²) in [6.45, 7) is 6.23. The maximum atomic E-state index is 12.8. The number of nitrogens with zero attached hydrogens (tertiary/aromatic N) is 4. The average Bonchev–Trinajstić information content (AvgIpc) is 3.08. The van der Waals surface area contributed by atoms with Gasteiger partial charge in [-0.1, -0.05) is 37.3 Å². The molecule has 116 valence electrons. The van der Waals surface area contributed by atoms with Crippen LogP contribution in [0.2, 0.25) is 0 Å². The molecule has 0 saturated carbocycles. The molecule has 6 nitrogen and oxygen atoms in total. The summed E-state index contributed by atoms with van der Waals surface area (Å²) in [5.41, 5.74) is 7.97. The third-order valence-electron chi connectivity index (χ3n) is 4.07. The number of benzene rings is 1. The highest BCUT2D eigenvalue weighted by Crippen LogP contribution is 2.40. The van der Waals surface area contributed by atoms with E-state index in [-0.39, 0.29) is 11.3 Å². The zero-order chi connectivity index (χ0) is 15.7.